The van der Waals surface area contributed by atoms with Crippen LogP contribution in [0, 0.1) is 0 Å². The van der Waals surface area contributed by atoms with E-state index in [1.807, 2.05) is 30.1 Å². The zero-order chi connectivity index (χ0) is 15.5. The van der Waals surface area contributed by atoms with Crippen molar-refractivity contribution < 1.29 is 9.59 Å². The summed E-state index contributed by atoms with van der Waals surface area (Å²) < 4.78 is 0. The first-order valence-electron chi connectivity index (χ1n) is 7.03. The van der Waals surface area contributed by atoms with Gasteiger partial charge in [-0.05, 0) is 32.0 Å². The van der Waals surface area contributed by atoms with Gasteiger partial charge in [-0.1, -0.05) is 36.4 Å². The lowest BCUT2D eigenvalue weighted by Crippen LogP contribution is -2.43. The summed E-state index contributed by atoms with van der Waals surface area (Å²) in [7, 11) is 1.87. The molecule has 0 radical (unpaired) electrons. The molecule has 0 fully saturated rings. The molecule has 0 aliphatic rings. The highest BCUT2D eigenvalue weighted by atomic mass is 16.2. The SMILES string of the molecule is C=CCNC(=O)NC(=O)CN(C)CCCc1ccccc1. The molecule has 0 aromatic heterocycles. The Morgan fingerprint density at radius 3 is 2.67 bits per heavy atom. The fraction of sp³-hybridized carbons (Fsp3) is 0.375. The molecule has 2 N–H and O–H groups in total. The zero-order valence-corrected chi connectivity index (χ0v) is 12.5. The molecule has 0 spiro atoms. The van der Waals surface area contributed by atoms with Gasteiger partial charge in [0.05, 0.1) is 6.54 Å². The normalized spacial score (nSPS) is 10.2. The van der Waals surface area contributed by atoms with Gasteiger partial charge >= 0.3 is 6.03 Å². The number of nitrogens with one attached hydrogen (secondary N) is 2. The fourth-order valence-corrected chi connectivity index (χ4v) is 1.90. The van der Waals surface area contributed by atoms with E-state index in [9.17, 15) is 9.59 Å². The van der Waals surface area contributed by atoms with Gasteiger partial charge in [-0.3, -0.25) is 15.0 Å². The molecule has 0 saturated heterocycles. The van der Waals surface area contributed by atoms with Crippen LogP contribution in [0.3, 0.4) is 0 Å². The molecule has 21 heavy (non-hydrogen) atoms. The Balaban J connectivity index is 2.17. The molecule has 5 heteroatoms. The van der Waals surface area contributed by atoms with Gasteiger partial charge in [0, 0.05) is 6.54 Å². The minimum absolute atomic E-state index is 0.205. The zero-order valence-electron chi connectivity index (χ0n) is 12.5. The van der Waals surface area contributed by atoms with Crippen LogP contribution in [-0.4, -0.2) is 43.5 Å². The van der Waals surface area contributed by atoms with Crippen molar-refractivity contribution in [3.05, 3.63) is 48.6 Å². The van der Waals surface area contributed by atoms with E-state index in [2.05, 4.69) is 29.3 Å². The summed E-state index contributed by atoms with van der Waals surface area (Å²) in [6.45, 7) is 4.83. The maximum Gasteiger partial charge on any atom is 0.321 e. The monoisotopic (exact) mass is 289 g/mol. The average Bonchev–Trinajstić information content (AvgIpc) is 2.46. The lowest BCUT2D eigenvalue weighted by atomic mass is 10.1. The second-order valence-electron chi connectivity index (χ2n) is 4.87. The first kappa shape index (κ1) is 16.9. The minimum atomic E-state index is -0.488. The maximum atomic E-state index is 11.6. The van der Waals surface area contributed by atoms with Crippen molar-refractivity contribution in [1.82, 2.24) is 15.5 Å². The Bertz CT molecular complexity index is 460. The standard InChI is InChI=1S/C16H23N3O2/c1-3-11-17-16(21)18-15(20)13-19(2)12-7-10-14-8-5-4-6-9-14/h3-6,8-9H,1,7,10-13H2,2H3,(H2,17,18,20,21). The predicted octanol–water partition coefficient (Wildman–Crippen LogP) is 1.56. The highest BCUT2D eigenvalue weighted by Crippen LogP contribution is 2.02. The van der Waals surface area contributed by atoms with Crippen LogP contribution in [0.4, 0.5) is 4.79 Å². The van der Waals surface area contributed by atoms with Crippen molar-refractivity contribution in [1.29, 1.82) is 0 Å². The Hall–Kier alpha value is -2.14. The summed E-state index contributed by atoms with van der Waals surface area (Å²) in [6.07, 6.45) is 3.50. The Morgan fingerprint density at radius 2 is 2.00 bits per heavy atom. The molecule has 0 saturated carbocycles. The van der Waals surface area contributed by atoms with E-state index in [0.717, 1.165) is 19.4 Å². The van der Waals surface area contributed by atoms with Gasteiger partial charge in [0.15, 0.2) is 0 Å². The summed E-state index contributed by atoms with van der Waals surface area (Å²) in [5.74, 6) is -0.307. The number of carbonyl (C=O) groups is 2. The largest absolute Gasteiger partial charge is 0.334 e. The molecule has 0 heterocycles. The highest BCUT2D eigenvalue weighted by Gasteiger charge is 2.09. The first-order chi connectivity index (χ1) is 10.1. The van der Waals surface area contributed by atoms with Crippen LogP contribution in [0.1, 0.15) is 12.0 Å². The van der Waals surface area contributed by atoms with Gasteiger partial charge in [-0.2, -0.15) is 0 Å². The van der Waals surface area contributed by atoms with E-state index in [4.69, 9.17) is 0 Å². The molecule has 0 unspecified atom stereocenters. The number of carbonyl (C=O) groups excluding carboxylic acids is 2. The summed E-state index contributed by atoms with van der Waals surface area (Å²) in [5.41, 5.74) is 1.29. The van der Waals surface area contributed by atoms with Crippen LogP contribution in [0.15, 0.2) is 43.0 Å². The molecular formula is C16H23N3O2. The Morgan fingerprint density at radius 1 is 1.29 bits per heavy atom. The quantitative estimate of drug-likeness (QED) is 0.714. The minimum Gasteiger partial charge on any atom is -0.334 e. The molecule has 0 atom stereocenters. The van der Waals surface area contributed by atoms with E-state index < -0.39 is 6.03 Å². The maximum absolute atomic E-state index is 11.6. The molecule has 1 rings (SSSR count). The van der Waals surface area contributed by atoms with E-state index in [1.165, 1.54) is 5.56 Å². The lowest BCUT2D eigenvalue weighted by molar-refractivity contribution is -0.120. The summed E-state index contributed by atoms with van der Waals surface area (Å²) in [6, 6.07) is 9.74. The van der Waals surface area contributed by atoms with E-state index >= 15 is 0 Å². The molecule has 1 aromatic rings. The van der Waals surface area contributed by atoms with E-state index in [-0.39, 0.29) is 12.5 Å². The highest BCUT2D eigenvalue weighted by molar-refractivity contribution is 5.95. The number of likely N-dealkylation sites (N-methyl/N-ethyl adjacent to an activating group) is 1. The molecule has 3 amide bonds. The van der Waals surface area contributed by atoms with Gasteiger partial charge < -0.3 is 5.32 Å². The number of amides is 3. The third kappa shape index (κ3) is 7.89. The molecular weight excluding hydrogens is 266 g/mol. The number of hydrogen-bond donors (Lipinski definition) is 2. The smallest absolute Gasteiger partial charge is 0.321 e. The van der Waals surface area contributed by atoms with Crippen LogP contribution in [-0.2, 0) is 11.2 Å². The van der Waals surface area contributed by atoms with Crippen LogP contribution >= 0.6 is 0 Å². The Labute approximate surface area is 126 Å². The van der Waals surface area contributed by atoms with E-state index in [0.29, 0.717) is 6.54 Å². The average molecular weight is 289 g/mol. The number of aryl methyl sites for hydroxylation is 1. The number of urea groups is 1. The number of nitrogens with zero attached hydrogens (tertiary/aromatic N) is 1. The number of rotatable bonds is 8. The third-order valence-electron chi connectivity index (χ3n) is 2.92. The van der Waals surface area contributed by atoms with Gasteiger partial charge in [-0.15, -0.1) is 6.58 Å². The number of hydrogen-bond acceptors (Lipinski definition) is 3. The van der Waals surface area contributed by atoms with Crippen molar-refractivity contribution in [2.75, 3.05) is 26.7 Å². The van der Waals surface area contributed by atoms with Crippen LogP contribution in [0.5, 0.6) is 0 Å². The molecule has 0 aliphatic carbocycles. The van der Waals surface area contributed by atoms with Gasteiger partial charge in [0.25, 0.3) is 0 Å². The van der Waals surface area contributed by atoms with Crippen LogP contribution in [0.2, 0.25) is 0 Å². The van der Waals surface area contributed by atoms with Crippen molar-refractivity contribution in [2.45, 2.75) is 12.8 Å². The van der Waals surface area contributed by atoms with Crippen molar-refractivity contribution in [3.63, 3.8) is 0 Å². The van der Waals surface area contributed by atoms with Crippen molar-refractivity contribution in [2.24, 2.45) is 0 Å². The topological polar surface area (TPSA) is 61.4 Å². The number of imide groups is 1. The molecule has 0 bridgehead atoms. The molecule has 114 valence electrons. The summed E-state index contributed by atoms with van der Waals surface area (Å²) >= 11 is 0. The summed E-state index contributed by atoms with van der Waals surface area (Å²) in [5, 5.41) is 4.77. The summed E-state index contributed by atoms with van der Waals surface area (Å²) in [4.78, 5) is 24.8. The molecule has 5 nitrogen and oxygen atoms in total. The van der Waals surface area contributed by atoms with Gasteiger partial charge in [0.1, 0.15) is 0 Å². The predicted molar refractivity (Wildman–Crippen MR) is 84.0 cm³/mol. The Kier molecular flexibility index (Phi) is 7.82. The first-order valence-corrected chi connectivity index (χ1v) is 7.03. The second kappa shape index (κ2) is 9.72. The van der Waals surface area contributed by atoms with Crippen LogP contribution in [0.25, 0.3) is 0 Å². The van der Waals surface area contributed by atoms with Gasteiger partial charge in [-0.25, -0.2) is 4.79 Å². The van der Waals surface area contributed by atoms with E-state index in [1.54, 1.807) is 6.08 Å². The van der Waals surface area contributed by atoms with Crippen molar-refractivity contribution >= 4 is 11.9 Å². The van der Waals surface area contributed by atoms with Crippen LogP contribution < -0.4 is 10.6 Å². The molecule has 0 aliphatic heterocycles. The second-order valence-corrected chi connectivity index (χ2v) is 4.87. The third-order valence-corrected chi connectivity index (χ3v) is 2.92. The lowest BCUT2D eigenvalue weighted by Gasteiger charge is -2.15. The molecule has 1 aromatic carbocycles. The van der Waals surface area contributed by atoms with Gasteiger partial charge in [0.2, 0.25) is 5.91 Å². The van der Waals surface area contributed by atoms with Crippen molar-refractivity contribution in [3.8, 4) is 0 Å². The fourth-order valence-electron chi connectivity index (χ4n) is 1.90. The number of benzene rings is 1.